The van der Waals surface area contributed by atoms with Crippen LogP contribution < -0.4 is 9.80 Å². The van der Waals surface area contributed by atoms with Crippen molar-refractivity contribution in [1.29, 1.82) is 0 Å². The van der Waals surface area contributed by atoms with Gasteiger partial charge in [0.25, 0.3) is 0 Å². The van der Waals surface area contributed by atoms with Gasteiger partial charge in [-0.05, 0) is 55.7 Å². The maximum atomic E-state index is 13.1. The van der Waals surface area contributed by atoms with Crippen molar-refractivity contribution in [3.63, 3.8) is 0 Å². The summed E-state index contributed by atoms with van der Waals surface area (Å²) >= 11 is 0. The van der Waals surface area contributed by atoms with Crippen LogP contribution in [0.1, 0.15) is 35.7 Å². The van der Waals surface area contributed by atoms with E-state index in [1.165, 1.54) is 12.5 Å². The number of fused-ring (bicyclic) bond motifs is 1. The van der Waals surface area contributed by atoms with E-state index in [0.717, 1.165) is 24.2 Å². The van der Waals surface area contributed by atoms with Crippen LogP contribution in [0.25, 0.3) is 0 Å². The molecule has 1 atom stereocenters. The Balaban J connectivity index is 1.52. The topological polar surface area (TPSA) is 57.7 Å². The van der Waals surface area contributed by atoms with Crippen molar-refractivity contribution in [2.24, 2.45) is 5.92 Å². The fourth-order valence-corrected chi connectivity index (χ4v) is 3.98. The average Bonchev–Trinajstić information content (AvgIpc) is 3.08. The van der Waals surface area contributed by atoms with Crippen molar-refractivity contribution < 1.29 is 14.4 Å². The summed E-state index contributed by atoms with van der Waals surface area (Å²) in [6.07, 6.45) is 2.16. The predicted molar refractivity (Wildman–Crippen MR) is 104 cm³/mol. The molecule has 5 nitrogen and oxygen atoms in total. The van der Waals surface area contributed by atoms with E-state index in [-0.39, 0.29) is 29.9 Å². The molecule has 0 spiro atoms. The molecule has 138 valence electrons. The zero-order chi connectivity index (χ0) is 19.0. The van der Waals surface area contributed by atoms with E-state index in [1.54, 1.807) is 29.2 Å². The summed E-state index contributed by atoms with van der Waals surface area (Å²) in [7, 11) is 0. The summed E-state index contributed by atoms with van der Waals surface area (Å²) in [5.74, 6) is -0.366. The Labute approximate surface area is 158 Å². The van der Waals surface area contributed by atoms with E-state index in [4.69, 9.17) is 0 Å². The van der Waals surface area contributed by atoms with Gasteiger partial charge in [-0.15, -0.1) is 0 Å². The molecule has 2 aliphatic heterocycles. The quantitative estimate of drug-likeness (QED) is 0.788. The van der Waals surface area contributed by atoms with Gasteiger partial charge in [0.05, 0.1) is 5.92 Å². The van der Waals surface area contributed by atoms with Crippen molar-refractivity contribution >= 4 is 29.0 Å². The Morgan fingerprint density at radius 2 is 1.78 bits per heavy atom. The standard InChI is InChI=1S/C22H22N2O3/c1-15(25)16-8-10-19(11-9-16)24-14-18(13-21(24)26)22(27)23-12-4-6-17-5-2-3-7-20(17)23/h2-3,5,7-11,18H,4,6,12-14H2,1H3. The Morgan fingerprint density at radius 1 is 1.04 bits per heavy atom. The molecule has 0 N–H and O–H groups in total. The van der Waals surface area contributed by atoms with Crippen LogP contribution in [0.4, 0.5) is 11.4 Å². The summed E-state index contributed by atoms with van der Waals surface area (Å²) in [6.45, 7) is 2.60. The van der Waals surface area contributed by atoms with Crippen LogP contribution in [-0.2, 0) is 16.0 Å². The molecule has 27 heavy (non-hydrogen) atoms. The normalized spacial score (nSPS) is 19.1. The highest BCUT2D eigenvalue weighted by molar-refractivity contribution is 6.05. The molecule has 2 aliphatic rings. The number of hydrogen-bond donors (Lipinski definition) is 0. The van der Waals surface area contributed by atoms with Crippen molar-refractivity contribution in [2.75, 3.05) is 22.9 Å². The van der Waals surface area contributed by atoms with Crippen LogP contribution in [0, 0.1) is 5.92 Å². The maximum Gasteiger partial charge on any atom is 0.232 e. The van der Waals surface area contributed by atoms with Crippen LogP contribution >= 0.6 is 0 Å². The molecule has 0 aliphatic carbocycles. The van der Waals surface area contributed by atoms with Crippen molar-refractivity contribution in [2.45, 2.75) is 26.2 Å². The monoisotopic (exact) mass is 362 g/mol. The predicted octanol–water partition coefficient (Wildman–Crippen LogP) is 3.22. The average molecular weight is 362 g/mol. The summed E-state index contributed by atoms with van der Waals surface area (Å²) in [6, 6.07) is 15.0. The lowest BCUT2D eigenvalue weighted by molar-refractivity contribution is -0.124. The Morgan fingerprint density at radius 3 is 2.52 bits per heavy atom. The van der Waals surface area contributed by atoms with Crippen LogP contribution in [0.2, 0.25) is 0 Å². The van der Waals surface area contributed by atoms with Crippen LogP contribution in [-0.4, -0.2) is 30.7 Å². The highest BCUT2D eigenvalue weighted by Gasteiger charge is 2.38. The highest BCUT2D eigenvalue weighted by Crippen LogP contribution is 2.32. The first-order valence-electron chi connectivity index (χ1n) is 9.35. The lowest BCUT2D eigenvalue weighted by Crippen LogP contribution is -2.40. The third-order valence-corrected chi connectivity index (χ3v) is 5.44. The second kappa shape index (κ2) is 6.99. The van der Waals surface area contributed by atoms with E-state index >= 15 is 0 Å². The van der Waals surface area contributed by atoms with Gasteiger partial charge in [-0.3, -0.25) is 14.4 Å². The minimum absolute atomic E-state index is 0.00823. The van der Waals surface area contributed by atoms with Gasteiger partial charge in [0.1, 0.15) is 0 Å². The van der Waals surface area contributed by atoms with E-state index in [9.17, 15) is 14.4 Å². The fraction of sp³-hybridized carbons (Fsp3) is 0.318. The zero-order valence-electron chi connectivity index (χ0n) is 15.4. The molecule has 1 saturated heterocycles. The molecular formula is C22H22N2O3. The summed E-state index contributed by atoms with van der Waals surface area (Å²) in [4.78, 5) is 40.6. The van der Waals surface area contributed by atoms with Gasteiger partial charge in [0.15, 0.2) is 5.78 Å². The van der Waals surface area contributed by atoms with Gasteiger partial charge >= 0.3 is 0 Å². The van der Waals surface area contributed by atoms with Gasteiger partial charge in [-0.2, -0.15) is 0 Å². The summed E-state index contributed by atoms with van der Waals surface area (Å²) in [5, 5.41) is 0. The number of aryl methyl sites for hydroxylation is 1. The van der Waals surface area contributed by atoms with Crippen molar-refractivity contribution in [3.8, 4) is 0 Å². The minimum Gasteiger partial charge on any atom is -0.312 e. The number of carbonyl (C=O) groups is 3. The molecule has 5 heteroatoms. The molecular weight excluding hydrogens is 340 g/mol. The van der Waals surface area contributed by atoms with Gasteiger partial charge < -0.3 is 9.80 Å². The number of para-hydroxylation sites is 1. The third kappa shape index (κ3) is 3.25. The third-order valence-electron chi connectivity index (χ3n) is 5.44. The molecule has 0 bridgehead atoms. The van der Waals surface area contributed by atoms with Crippen molar-refractivity contribution in [1.82, 2.24) is 0 Å². The number of anilines is 2. The highest BCUT2D eigenvalue weighted by atomic mass is 16.2. The number of ketones is 1. The zero-order valence-corrected chi connectivity index (χ0v) is 15.4. The first-order valence-corrected chi connectivity index (χ1v) is 9.35. The number of amides is 2. The molecule has 0 aromatic heterocycles. The van der Waals surface area contributed by atoms with E-state index in [1.807, 2.05) is 23.1 Å². The van der Waals surface area contributed by atoms with Crippen molar-refractivity contribution in [3.05, 3.63) is 59.7 Å². The van der Waals surface area contributed by atoms with Gasteiger partial charge in [-0.25, -0.2) is 0 Å². The Kier molecular flexibility index (Phi) is 4.52. The number of rotatable bonds is 3. The van der Waals surface area contributed by atoms with E-state index in [0.29, 0.717) is 18.7 Å². The second-order valence-electron chi connectivity index (χ2n) is 7.23. The molecule has 1 unspecified atom stereocenters. The first-order chi connectivity index (χ1) is 13.0. The number of benzene rings is 2. The number of carbonyl (C=O) groups excluding carboxylic acids is 3. The van der Waals surface area contributed by atoms with Crippen LogP contribution in [0.5, 0.6) is 0 Å². The number of Topliss-reactive ketones (excluding diaryl/α,β-unsaturated/α-hetero) is 1. The molecule has 2 aromatic carbocycles. The first kappa shape index (κ1) is 17.5. The maximum absolute atomic E-state index is 13.1. The van der Waals surface area contributed by atoms with Crippen LogP contribution in [0.3, 0.4) is 0 Å². The van der Waals surface area contributed by atoms with Crippen LogP contribution in [0.15, 0.2) is 48.5 Å². The fourth-order valence-electron chi connectivity index (χ4n) is 3.98. The van der Waals surface area contributed by atoms with Gasteiger partial charge in [0.2, 0.25) is 11.8 Å². The molecule has 1 fully saturated rings. The number of hydrogen-bond acceptors (Lipinski definition) is 3. The van der Waals surface area contributed by atoms with Gasteiger partial charge in [-0.1, -0.05) is 18.2 Å². The van der Waals surface area contributed by atoms with E-state index < -0.39 is 0 Å². The summed E-state index contributed by atoms with van der Waals surface area (Å²) in [5.41, 5.74) is 3.52. The SMILES string of the molecule is CC(=O)c1ccc(N2CC(C(=O)N3CCCc4ccccc43)CC2=O)cc1. The smallest absolute Gasteiger partial charge is 0.232 e. The Hall–Kier alpha value is -2.95. The summed E-state index contributed by atoms with van der Waals surface area (Å²) < 4.78 is 0. The Bertz CT molecular complexity index is 904. The van der Waals surface area contributed by atoms with Gasteiger partial charge in [0, 0.05) is 36.4 Å². The second-order valence-corrected chi connectivity index (χ2v) is 7.23. The largest absolute Gasteiger partial charge is 0.312 e. The molecule has 2 aromatic rings. The molecule has 4 rings (SSSR count). The lowest BCUT2D eigenvalue weighted by atomic mass is 9.99. The molecule has 2 heterocycles. The molecule has 0 saturated carbocycles. The minimum atomic E-state index is -0.337. The molecule has 2 amide bonds. The molecule has 0 radical (unpaired) electrons. The van der Waals surface area contributed by atoms with E-state index in [2.05, 4.69) is 6.07 Å². The number of nitrogens with zero attached hydrogens (tertiary/aromatic N) is 2. The lowest BCUT2D eigenvalue weighted by Gasteiger charge is -2.31.